The van der Waals surface area contributed by atoms with Gasteiger partial charge in [-0.3, -0.25) is 4.79 Å². The Morgan fingerprint density at radius 2 is 1.82 bits per heavy atom. The Balaban J connectivity index is 2.05. The maximum atomic E-state index is 13.2. The van der Waals surface area contributed by atoms with E-state index in [1.54, 1.807) is 24.1 Å². The molecular weight excluding hydrogens is 419 g/mol. The SMILES string of the molecule is COc1ccc([C@@H]2Sc3cc(Cl)c(Cl)cc3N(CCN(C)C)C(=O)C2O)cc1. The van der Waals surface area contributed by atoms with Crippen LogP contribution in [0, 0.1) is 0 Å². The number of thioether (sulfide) groups is 1. The molecule has 150 valence electrons. The van der Waals surface area contributed by atoms with Crippen LogP contribution in [0.3, 0.4) is 0 Å². The third-order valence-electron chi connectivity index (χ3n) is 4.57. The van der Waals surface area contributed by atoms with Gasteiger partial charge in [-0.2, -0.15) is 0 Å². The van der Waals surface area contributed by atoms with Gasteiger partial charge in [-0.05, 0) is 43.9 Å². The van der Waals surface area contributed by atoms with Crippen LogP contribution in [-0.2, 0) is 4.79 Å². The zero-order valence-corrected chi connectivity index (χ0v) is 18.2. The number of rotatable bonds is 5. The second-order valence-corrected chi connectivity index (χ2v) is 8.78. The first kappa shape index (κ1) is 21.3. The number of likely N-dealkylation sites (N-methyl/N-ethyl adjacent to an activating group) is 1. The van der Waals surface area contributed by atoms with Gasteiger partial charge in [-0.25, -0.2) is 0 Å². The molecule has 0 saturated carbocycles. The molecular formula is C20H22Cl2N2O3S. The summed E-state index contributed by atoms with van der Waals surface area (Å²) in [6, 6.07) is 10.8. The molecule has 2 aromatic carbocycles. The Morgan fingerprint density at radius 1 is 1.18 bits per heavy atom. The Labute approximate surface area is 179 Å². The van der Waals surface area contributed by atoms with E-state index in [0.29, 0.717) is 34.6 Å². The molecule has 0 aliphatic carbocycles. The number of carbonyl (C=O) groups is 1. The molecule has 1 amide bonds. The van der Waals surface area contributed by atoms with E-state index >= 15 is 0 Å². The van der Waals surface area contributed by atoms with Crippen molar-refractivity contribution in [3.8, 4) is 5.75 Å². The van der Waals surface area contributed by atoms with Gasteiger partial charge in [0, 0.05) is 18.0 Å². The van der Waals surface area contributed by atoms with Crippen LogP contribution in [0.15, 0.2) is 41.3 Å². The molecule has 28 heavy (non-hydrogen) atoms. The fourth-order valence-electron chi connectivity index (χ4n) is 3.01. The van der Waals surface area contributed by atoms with Crippen molar-refractivity contribution in [2.45, 2.75) is 16.2 Å². The first-order chi connectivity index (χ1) is 13.3. The summed E-state index contributed by atoms with van der Waals surface area (Å²) in [7, 11) is 5.46. The van der Waals surface area contributed by atoms with E-state index < -0.39 is 11.4 Å². The monoisotopic (exact) mass is 440 g/mol. The quantitative estimate of drug-likeness (QED) is 0.757. The van der Waals surface area contributed by atoms with Crippen molar-refractivity contribution in [2.24, 2.45) is 0 Å². The maximum absolute atomic E-state index is 13.2. The highest BCUT2D eigenvalue weighted by molar-refractivity contribution is 7.99. The second kappa shape index (κ2) is 8.93. The number of hydrogen-bond acceptors (Lipinski definition) is 5. The lowest BCUT2D eigenvalue weighted by Crippen LogP contribution is -2.43. The summed E-state index contributed by atoms with van der Waals surface area (Å²) >= 11 is 13.9. The van der Waals surface area contributed by atoms with Crippen molar-refractivity contribution in [3.63, 3.8) is 0 Å². The van der Waals surface area contributed by atoms with Crippen LogP contribution in [0.2, 0.25) is 10.0 Å². The largest absolute Gasteiger partial charge is 0.497 e. The second-order valence-electron chi connectivity index (χ2n) is 6.78. The number of nitrogens with zero attached hydrogens (tertiary/aromatic N) is 2. The smallest absolute Gasteiger partial charge is 0.257 e. The van der Waals surface area contributed by atoms with E-state index in [1.165, 1.54) is 11.8 Å². The van der Waals surface area contributed by atoms with Crippen molar-refractivity contribution in [1.29, 1.82) is 0 Å². The first-order valence-electron chi connectivity index (χ1n) is 8.75. The molecule has 0 fully saturated rings. The van der Waals surface area contributed by atoms with Gasteiger partial charge in [-0.1, -0.05) is 35.3 Å². The molecule has 1 unspecified atom stereocenters. The van der Waals surface area contributed by atoms with Crippen molar-refractivity contribution in [2.75, 3.05) is 39.2 Å². The minimum Gasteiger partial charge on any atom is -0.497 e. The fourth-order valence-corrected chi connectivity index (χ4v) is 4.68. The lowest BCUT2D eigenvalue weighted by molar-refractivity contribution is -0.126. The fraction of sp³-hybridized carbons (Fsp3) is 0.350. The van der Waals surface area contributed by atoms with Crippen LogP contribution < -0.4 is 9.64 Å². The number of carbonyl (C=O) groups excluding carboxylic acids is 1. The van der Waals surface area contributed by atoms with Gasteiger partial charge >= 0.3 is 0 Å². The molecule has 0 spiro atoms. The molecule has 0 radical (unpaired) electrons. The molecule has 1 heterocycles. The van der Waals surface area contributed by atoms with E-state index in [2.05, 4.69) is 0 Å². The summed E-state index contributed by atoms with van der Waals surface area (Å²) in [6.45, 7) is 1.08. The standard InChI is InChI=1S/C20H22Cl2N2O3S/c1-23(2)8-9-24-16-10-14(21)15(22)11-17(16)28-19(18(25)20(24)26)12-4-6-13(27-3)7-5-12/h4-7,10-11,18-19,25H,8-9H2,1-3H3/t18?,19-/m0/s1. The zero-order valence-electron chi connectivity index (χ0n) is 15.9. The minimum absolute atomic E-state index is 0.354. The number of fused-ring (bicyclic) bond motifs is 1. The number of halogens is 2. The average Bonchev–Trinajstić information content (AvgIpc) is 2.77. The van der Waals surface area contributed by atoms with Crippen molar-refractivity contribution >= 4 is 46.6 Å². The Kier molecular flexibility index (Phi) is 6.78. The highest BCUT2D eigenvalue weighted by Crippen LogP contribution is 2.48. The summed E-state index contributed by atoms with van der Waals surface area (Å²) < 4.78 is 5.20. The Bertz CT molecular complexity index is 861. The van der Waals surface area contributed by atoms with Gasteiger partial charge in [0.1, 0.15) is 11.9 Å². The number of amides is 1. The van der Waals surface area contributed by atoms with E-state index in [0.717, 1.165) is 10.5 Å². The number of aliphatic hydroxyl groups is 1. The van der Waals surface area contributed by atoms with Crippen LogP contribution in [-0.4, -0.2) is 56.3 Å². The molecule has 0 bridgehead atoms. The molecule has 1 aliphatic rings. The molecule has 3 rings (SSSR count). The number of aliphatic hydroxyl groups excluding tert-OH is 1. The molecule has 8 heteroatoms. The highest BCUT2D eigenvalue weighted by Gasteiger charge is 2.37. The number of methoxy groups -OCH3 is 1. The number of benzene rings is 2. The summed E-state index contributed by atoms with van der Waals surface area (Å²) in [4.78, 5) is 17.5. The summed E-state index contributed by atoms with van der Waals surface area (Å²) in [5.74, 6) is 0.360. The molecule has 2 atom stereocenters. The predicted molar refractivity (Wildman–Crippen MR) is 115 cm³/mol. The van der Waals surface area contributed by atoms with Gasteiger partial charge in [0.15, 0.2) is 0 Å². The predicted octanol–water partition coefficient (Wildman–Crippen LogP) is 4.10. The lowest BCUT2D eigenvalue weighted by atomic mass is 10.1. The third-order valence-corrected chi connectivity index (χ3v) is 6.65. The summed E-state index contributed by atoms with van der Waals surface area (Å²) in [5, 5.41) is 11.2. The van der Waals surface area contributed by atoms with Crippen LogP contribution in [0.4, 0.5) is 5.69 Å². The third kappa shape index (κ3) is 4.42. The maximum Gasteiger partial charge on any atom is 0.257 e. The van der Waals surface area contributed by atoms with Crippen molar-refractivity contribution in [3.05, 3.63) is 52.0 Å². The normalized spacial score (nSPS) is 19.5. The van der Waals surface area contributed by atoms with E-state index in [-0.39, 0.29) is 5.91 Å². The number of ether oxygens (including phenoxy) is 1. The van der Waals surface area contributed by atoms with Gasteiger partial charge in [0.25, 0.3) is 5.91 Å². The highest BCUT2D eigenvalue weighted by atomic mass is 35.5. The van der Waals surface area contributed by atoms with Crippen LogP contribution >= 0.6 is 35.0 Å². The van der Waals surface area contributed by atoms with Crippen molar-refractivity contribution in [1.82, 2.24) is 4.90 Å². The Morgan fingerprint density at radius 3 is 2.43 bits per heavy atom. The number of anilines is 1. The number of hydrogen-bond donors (Lipinski definition) is 1. The molecule has 5 nitrogen and oxygen atoms in total. The zero-order chi connectivity index (χ0) is 20.4. The summed E-state index contributed by atoms with van der Waals surface area (Å²) in [5.41, 5.74) is 1.50. The summed E-state index contributed by atoms with van der Waals surface area (Å²) in [6.07, 6.45) is -1.20. The van der Waals surface area contributed by atoms with Crippen LogP contribution in [0.1, 0.15) is 10.8 Å². The van der Waals surface area contributed by atoms with E-state index in [9.17, 15) is 9.90 Å². The van der Waals surface area contributed by atoms with Crippen LogP contribution in [0.5, 0.6) is 5.75 Å². The molecule has 2 aromatic rings. The van der Waals surface area contributed by atoms with E-state index in [4.69, 9.17) is 27.9 Å². The van der Waals surface area contributed by atoms with Gasteiger partial charge in [0.2, 0.25) is 0 Å². The van der Waals surface area contributed by atoms with Crippen molar-refractivity contribution < 1.29 is 14.6 Å². The Hall–Kier alpha value is -1.44. The first-order valence-corrected chi connectivity index (χ1v) is 10.4. The van der Waals surface area contributed by atoms with Crippen LogP contribution in [0.25, 0.3) is 0 Å². The lowest BCUT2D eigenvalue weighted by Gasteiger charge is -2.26. The molecule has 0 aromatic heterocycles. The van der Waals surface area contributed by atoms with Gasteiger partial charge < -0.3 is 19.6 Å². The van der Waals surface area contributed by atoms with E-state index in [1.807, 2.05) is 43.3 Å². The molecule has 1 N–H and O–H groups in total. The average molecular weight is 441 g/mol. The molecule has 1 aliphatic heterocycles. The topological polar surface area (TPSA) is 53.0 Å². The van der Waals surface area contributed by atoms with Gasteiger partial charge in [0.05, 0.1) is 28.1 Å². The minimum atomic E-state index is -1.20. The molecule has 0 saturated heterocycles. The van der Waals surface area contributed by atoms with Gasteiger partial charge in [-0.15, -0.1) is 11.8 Å².